The number of anilines is 2. The topological polar surface area (TPSA) is 75.5 Å². The maximum absolute atomic E-state index is 14.0. The van der Waals surface area contributed by atoms with Crippen LogP contribution in [-0.4, -0.2) is 23.4 Å². The Bertz CT molecular complexity index is 809. The van der Waals surface area contributed by atoms with E-state index in [0.717, 1.165) is 23.7 Å². The number of para-hydroxylation sites is 1. The standard InChI is InChI=1S/C17H16FN3O3/c1-11(19-15-7-6-13(21(23)24)10-14(15)18)17(22)20-9-8-12-4-2-3-5-16(12)20/h2-7,10-11,19H,8-9H2,1H3. The first kappa shape index (κ1) is 15.9. The lowest BCUT2D eigenvalue weighted by atomic mass is 10.2. The zero-order chi connectivity index (χ0) is 17.3. The number of nitrogens with zero attached hydrogens (tertiary/aromatic N) is 2. The van der Waals surface area contributed by atoms with Crippen molar-refractivity contribution in [1.82, 2.24) is 0 Å². The average Bonchev–Trinajstić information content (AvgIpc) is 2.99. The molecule has 2 aromatic rings. The number of amides is 1. The number of halogens is 1. The maximum atomic E-state index is 14.0. The number of nitro benzene ring substituents is 1. The summed E-state index contributed by atoms with van der Waals surface area (Å²) in [7, 11) is 0. The average molecular weight is 329 g/mol. The van der Waals surface area contributed by atoms with Crippen molar-refractivity contribution in [2.45, 2.75) is 19.4 Å². The molecule has 2 aromatic carbocycles. The first-order valence-corrected chi connectivity index (χ1v) is 7.57. The second-order valence-electron chi connectivity index (χ2n) is 5.66. The molecule has 1 heterocycles. The second-order valence-corrected chi connectivity index (χ2v) is 5.66. The number of hydrogen-bond acceptors (Lipinski definition) is 4. The molecule has 0 aliphatic carbocycles. The summed E-state index contributed by atoms with van der Waals surface area (Å²) >= 11 is 0. The molecule has 1 N–H and O–H groups in total. The number of carbonyl (C=O) groups is 1. The summed E-state index contributed by atoms with van der Waals surface area (Å²) in [5.41, 5.74) is 1.72. The Morgan fingerprint density at radius 1 is 1.33 bits per heavy atom. The minimum atomic E-state index is -0.759. The van der Waals surface area contributed by atoms with Gasteiger partial charge in [-0.05, 0) is 31.0 Å². The monoisotopic (exact) mass is 329 g/mol. The Morgan fingerprint density at radius 2 is 2.08 bits per heavy atom. The van der Waals surface area contributed by atoms with Crippen molar-refractivity contribution in [1.29, 1.82) is 0 Å². The Morgan fingerprint density at radius 3 is 2.79 bits per heavy atom. The molecule has 1 aliphatic rings. The highest BCUT2D eigenvalue weighted by molar-refractivity contribution is 6.00. The fourth-order valence-electron chi connectivity index (χ4n) is 2.83. The van der Waals surface area contributed by atoms with Crippen LogP contribution in [0.3, 0.4) is 0 Å². The van der Waals surface area contributed by atoms with Crippen LogP contribution in [0.5, 0.6) is 0 Å². The molecule has 1 amide bonds. The molecule has 24 heavy (non-hydrogen) atoms. The predicted molar refractivity (Wildman–Crippen MR) is 88.6 cm³/mol. The van der Waals surface area contributed by atoms with E-state index in [1.165, 1.54) is 12.1 Å². The van der Waals surface area contributed by atoms with Crippen LogP contribution in [0.4, 0.5) is 21.5 Å². The van der Waals surface area contributed by atoms with Crippen LogP contribution in [0.15, 0.2) is 42.5 Å². The lowest BCUT2D eigenvalue weighted by Crippen LogP contribution is -2.40. The van der Waals surface area contributed by atoms with Crippen molar-refractivity contribution < 1.29 is 14.1 Å². The largest absolute Gasteiger partial charge is 0.372 e. The van der Waals surface area contributed by atoms with Gasteiger partial charge in [-0.2, -0.15) is 0 Å². The van der Waals surface area contributed by atoms with Gasteiger partial charge in [0.2, 0.25) is 5.91 Å². The maximum Gasteiger partial charge on any atom is 0.272 e. The summed E-state index contributed by atoms with van der Waals surface area (Å²) in [6.45, 7) is 2.23. The number of rotatable bonds is 4. The Hall–Kier alpha value is -2.96. The summed E-state index contributed by atoms with van der Waals surface area (Å²) < 4.78 is 14.0. The number of nitro groups is 1. The number of non-ortho nitro benzene ring substituents is 1. The molecular formula is C17H16FN3O3. The predicted octanol–water partition coefficient (Wildman–Crippen LogP) is 3.12. The van der Waals surface area contributed by atoms with Crippen LogP contribution in [0.25, 0.3) is 0 Å². The minimum absolute atomic E-state index is 0.0638. The minimum Gasteiger partial charge on any atom is -0.372 e. The molecule has 1 unspecified atom stereocenters. The number of nitrogens with one attached hydrogen (secondary N) is 1. The van der Waals surface area contributed by atoms with Gasteiger partial charge in [-0.15, -0.1) is 0 Å². The van der Waals surface area contributed by atoms with E-state index in [-0.39, 0.29) is 17.3 Å². The third kappa shape index (κ3) is 2.92. The zero-order valence-electron chi connectivity index (χ0n) is 13.0. The van der Waals surface area contributed by atoms with E-state index >= 15 is 0 Å². The molecule has 0 aromatic heterocycles. The molecule has 0 saturated carbocycles. The van der Waals surface area contributed by atoms with Gasteiger partial charge in [-0.1, -0.05) is 18.2 Å². The lowest BCUT2D eigenvalue weighted by Gasteiger charge is -2.23. The zero-order valence-corrected chi connectivity index (χ0v) is 13.0. The molecule has 6 nitrogen and oxygen atoms in total. The fraction of sp³-hybridized carbons (Fsp3) is 0.235. The Kier molecular flexibility index (Phi) is 4.16. The van der Waals surface area contributed by atoms with Gasteiger partial charge in [-0.25, -0.2) is 4.39 Å². The van der Waals surface area contributed by atoms with E-state index in [0.29, 0.717) is 6.54 Å². The van der Waals surface area contributed by atoms with E-state index in [4.69, 9.17) is 0 Å². The molecular weight excluding hydrogens is 313 g/mol. The summed E-state index contributed by atoms with van der Waals surface area (Å²) in [6, 6.07) is 10.3. The van der Waals surface area contributed by atoms with Gasteiger partial charge < -0.3 is 10.2 Å². The highest BCUT2D eigenvalue weighted by Gasteiger charge is 2.28. The fourth-order valence-corrected chi connectivity index (χ4v) is 2.83. The van der Waals surface area contributed by atoms with E-state index in [2.05, 4.69) is 5.32 Å². The molecule has 3 rings (SSSR count). The van der Waals surface area contributed by atoms with Crippen molar-refractivity contribution in [2.24, 2.45) is 0 Å². The molecule has 7 heteroatoms. The molecule has 124 valence electrons. The van der Waals surface area contributed by atoms with E-state index in [9.17, 15) is 19.3 Å². The number of hydrogen-bond donors (Lipinski definition) is 1. The van der Waals surface area contributed by atoms with Crippen LogP contribution in [-0.2, 0) is 11.2 Å². The molecule has 0 saturated heterocycles. The van der Waals surface area contributed by atoms with Crippen LogP contribution in [0.1, 0.15) is 12.5 Å². The summed E-state index contributed by atoms with van der Waals surface area (Å²) in [5.74, 6) is -0.927. The van der Waals surface area contributed by atoms with Gasteiger partial charge in [0.25, 0.3) is 5.69 Å². The van der Waals surface area contributed by atoms with Crippen molar-refractivity contribution >= 4 is 23.0 Å². The highest BCUT2D eigenvalue weighted by atomic mass is 19.1. The Balaban J connectivity index is 1.75. The first-order chi connectivity index (χ1) is 11.5. The summed E-state index contributed by atoms with van der Waals surface area (Å²) in [5, 5.41) is 13.4. The number of benzene rings is 2. The SMILES string of the molecule is CC(Nc1ccc([N+](=O)[O-])cc1F)C(=O)N1CCc2ccccc21. The van der Waals surface area contributed by atoms with Crippen LogP contribution < -0.4 is 10.2 Å². The van der Waals surface area contributed by atoms with Crippen molar-refractivity contribution in [3.63, 3.8) is 0 Å². The normalized spacial score (nSPS) is 14.2. The lowest BCUT2D eigenvalue weighted by molar-refractivity contribution is -0.385. The molecule has 1 aliphatic heterocycles. The molecule has 0 spiro atoms. The number of fused-ring (bicyclic) bond motifs is 1. The van der Waals surface area contributed by atoms with Gasteiger partial charge in [0.1, 0.15) is 6.04 Å². The van der Waals surface area contributed by atoms with Gasteiger partial charge in [0.05, 0.1) is 16.7 Å². The third-order valence-corrected chi connectivity index (χ3v) is 4.06. The third-order valence-electron chi connectivity index (χ3n) is 4.06. The van der Waals surface area contributed by atoms with Crippen molar-refractivity contribution in [2.75, 3.05) is 16.8 Å². The van der Waals surface area contributed by atoms with E-state index in [1.54, 1.807) is 11.8 Å². The highest BCUT2D eigenvalue weighted by Crippen LogP contribution is 2.28. The van der Waals surface area contributed by atoms with Crippen LogP contribution >= 0.6 is 0 Å². The van der Waals surface area contributed by atoms with Crippen molar-refractivity contribution in [3.8, 4) is 0 Å². The quantitative estimate of drug-likeness (QED) is 0.691. The summed E-state index contributed by atoms with van der Waals surface area (Å²) in [4.78, 5) is 24.3. The number of carbonyl (C=O) groups excluding carboxylic acids is 1. The van der Waals surface area contributed by atoms with Gasteiger partial charge in [0.15, 0.2) is 5.82 Å². The van der Waals surface area contributed by atoms with Gasteiger partial charge in [0, 0.05) is 18.3 Å². The van der Waals surface area contributed by atoms with Gasteiger partial charge in [-0.3, -0.25) is 14.9 Å². The van der Waals surface area contributed by atoms with Crippen LogP contribution in [0.2, 0.25) is 0 Å². The smallest absolute Gasteiger partial charge is 0.272 e. The first-order valence-electron chi connectivity index (χ1n) is 7.57. The Labute approximate surface area is 138 Å². The van der Waals surface area contributed by atoms with Crippen molar-refractivity contribution in [3.05, 3.63) is 64.0 Å². The summed E-state index contributed by atoms with van der Waals surface area (Å²) in [6.07, 6.45) is 0.792. The molecule has 0 bridgehead atoms. The molecule has 0 radical (unpaired) electrons. The van der Waals surface area contributed by atoms with Gasteiger partial charge >= 0.3 is 0 Å². The van der Waals surface area contributed by atoms with Crippen LogP contribution in [0, 0.1) is 15.9 Å². The second kappa shape index (κ2) is 6.27. The van der Waals surface area contributed by atoms with E-state index in [1.807, 2.05) is 24.3 Å². The van der Waals surface area contributed by atoms with E-state index < -0.39 is 16.8 Å². The molecule has 0 fully saturated rings. The molecule has 1 atom stereocenters.